The van der Waals surface area contributed by atoms with E-state index in [2.05, 4.69) is 26.0 Å². The predicted molar refractivity (Wildman–Crippen MR) is 83.0 cm³/mol. The number of benzene rings is 1. The number of alkyl carbamates (subject to hydrolysis) is 1. The van der Waals surface area contributed by atoms with Gasteiger partial charge in [-0.1, -0.05) is 22.0 Å². The van der Waals surface area contributed by atoms with Gasteiger partial charge in [-0.15, -0.1) is 0 Å². The summed E-state index contributed by atoms with van der Waals surface area (Å²) in [5.41, 5.74) is -0.414. The molecule has 122 valence electrons. The Morgan fingerprint density at radius 3 is 2.50 bits per heavy atom. The zero-order chi connectivity index (χ0) is 16.9. The molecule has 1 amide bonds. The van der Waals surface area contributed by atoms with E-state index in [4.69, 9.17) is 4.74 Å². The molecule has 0 aliphatic carbocycles. The van der Waals surface area contributed by atoms with Gasteiger partial charge in [-0.3, -0.25) is 0 Å². The van der Waals surface area contributed by atoms with Crippen LogP contribution in [0.1, 0.15) is 26.3 Å². The highest BCUT2D eigenvalue weighted by atomic mass is 79.9. The van der Waals surface area contributed by atoms with Crippen LogP contribution >= 0.6 is 15.9 Å². The zero-order valence-electron chi connectivity index (χ0n) is 12.9. The summed E-state index contributed by atoms with van der Waals surface area (Å²) in [4.78, 5) is 23.5. The van der Waals surface area contributed by atoms with Gasteiger partial charge in [0.25, 0.3) is 0 Å². The van der Waals surface area contributed by atoms with Gasteiger partial charge in [0.1, 0.15) is 17.5 Å². The van der Waals surface area contributed by atoms with Gasteiger partial charge in [0.15, 0.2) is 0 Å². The second-order valence-corrected chi connectivity index (χ2v) is 6.58. The minimum absolute atomic E-state index is 0.0367. The van der Waals surface area contributed by atoms with E-state index in [1.165, 1.54) is 19.2 Å². The monoisotopic (exact) mass is 375 g/mol. The highest BCUT2D eigenvalue weighted by Gasteiger charge is 2.26. The van der Waals surface area contributed by atoms with Crippen LogP contribution in [-0.2, 0) is 20.7 Å². The third-order valence-corrected chi connectivity index (χ3v) is 3.11. The number of esters is 1. The van der Waals surface area contributed by atoms with Crippen LogP contribution in [0.25, 0.3) is 0 Å². The smallest absolute Gasteiger partial charge is 0.408 e. The summed E-state index contributed by atoms with van der Waals surface area (Å²) in [5, 5.41) is 2.40. The molecule has 0 heterocycles. The van der Waals surface area contributed by atoms with Crippen molar-refractivity contribution in [3.63, 3.8) is 0 Å². The molecule has 0 unspecified atom stereocenters. The van der Waals surface area contributed by atoms with Gasteiger partial charge in [-0.2, -0.15) is 0 Å². The van der Waals surface area contributed by atoms with E-state index in [1.54, 1.807) is 26.8 Å². The molecular formula is C15H19BrFNO4. The van der Waals surface area contributed by atoms with Crippen molar-refractivity contribution < 1.29 is 23.5 Å². The number of carbonyl (C=O) groups excluding carboxylic acids is 2. The third-order valence-electron chi connectivity index (χ3n) is 2.62. The Bertz CT molecular complexity index is 557. The van der Waals surface area contributed by atoms with Crippen LogP contribution in [0.3, 0.4) is 0 Å². The lowest BCUT2D eigenvalue weighted by molar-refractivity contribution is -0.143. The highest BCUT2D eigenvalue weighted by molar-refractivity contribution is 9.10. The second kappa shape index (κ2) is 7.58. The molecule has 22 heavy (non-hydrogen) atoms. The Balaban J connectivity index is 2.85. The maximum absolute atomic E-state index is 13.9. The van der Waals surface area contributed by atoms with Crippen molar-refractivity contribution in [1.29, 1.82) is 0 Å². The topological polar surface area (TPSA) is 64.6 Å². The SMILES string of the molecule is COC(=O)[C@@H](Cc1ccc(Br)cc1F)NC(=O)OC(C)(C)C. The fraction of sp³-hybridized carbons (Fsp3) is 0.467. The molecule has 0 aliphatic heterocycles. The third kappa shape index (κ3) is 6.01. The van der Waals surface area contributed by atoms with Crippen molar-refractivity contribution in [3.05, 3.63) is 34.1 Å². The van der Waals surface area contributed by atoms with E-state index in [0.29, 0.717) is 4.47 Å². The number of halogens is 2. The average molecular weight is 376 g/mol. The van der Waals surface area contributed by atoms with Crippen LogP contribution < -0.4 is 5.32 Å². The summed E-state index contributed by atoms with van der Waals surface area (Å²) in [6.07, 6.45) is -0.800. The van der Waals surface area contributed by atoms with E-state index in [9.17, 15) is 14.0 Å². The Kier molecular flexibility index (Phi) is 6.34. The fourth-order valence-electron chi connectivity index (χ4n) is 1.69. The standard InChI is InChI=1S/C15H19BrFNO4/c1-15(2,3)22-14(20)18-12(13(19)21-4)7-9-5-6-10(16)8-11(9)17/h5-6,8,12H,7H2,1-4H3,(H,18,20)/t12-/m1/s1. The molecule has 1 atom stereocenters. The number of hydrogen-bond acceptors (Lipinski definition) is 4. The molecular weight excluding hydrogens is 357 g/mol. The van der Waals surface area contributed by atoms with Crippen LogP contribution in [0, 0.1) is 5.82 Å². The Morgan fingerprint density at radius 2 is 2.00 bits per heavy atom. The molecule has 1 N–H and O–H groups in total. The summed E-state index contributed by atoms with van der Waals surface area (Å²) < 4.78 is 24.2. The fourth-order valence-corrected chi connectivity index (χ4v) is 2.03. The average Bonchev–Trinajstić information content (AvgIpc) is 2.37. The van der Waals surface area contributed by atoms with Gasteiger partial charge >= 0.3 is 12.1 Å². The normalized spacial score (nSPS) is 12.5. The molecule has 0 bridgehead atoms. The molecule has 1 rings (SSSR count). The molecule has 0 fully saturated rings. The zero-order valence-corrected chi connectivity index (χ0v) is 14.5. The lowest BCUT2D eigenvalue weighted by atomic mass is 10.1. The van der Waals surface area contributed by atoms with Crippen molar-refractivity contribution in [2.75, 3.05) is 7.11 Å². The van der Waals surface area contributed by atoms with Crippen molar-refractivity contribution in [3.8, 4) is 0 Å². The number of ether oxygens (including phenoxy) is 2. The quantitative estimate of drug-likeness (QED) is 0.820. The van der Waals surface area contributed by atoms with Crippen molar-refractivity contribution in [2.24, 2.45) is 0 Å². The first-order valence-electron chi connectivity index (χ1n) is 6.63. The first kappa shape index (κ1) is 18.4. The molecule has 0 aromatic heterocycles. The molecule has 0 saturated heterocycles. The summed E-state index contributed by atoms with van der Waals surface area (Å²) in [7, 11) is 1.20. The first-order chi connectivity index (χ1) is 10.1. The van der Waals surface area contributed by atoms with Crippen LogP contribution in [0.2, 0.25) is 0 Å². The highest BCUT2D eigenvalue weighted by Crippen LogP contribution is 2.17. The molecule has 0 radical (unpaired) electrons. The second-order valence-electron chi connectivity index (χ2n) is 5.66. The number of rotatable bonds is 4. The number of hydrogen-bond donors (Lipinski definition) is 1. The van der Waals surface area contributed by atoms with E-state index < -0.39 is 29.5 Å². The lowest BCUT2D eigenvalue weighted by Crippen LogP contribution is -2.45. The summed E-state index contributed by atoms with van der Waals surface area (Å²) in [6.45, 7) is 5.11. The summed E-state index contributed by atoms with van der Waals surface area (Å²) in [6, 6.07) is 3.44. The van der Waals surface area contributed by atoms with Crippen molar-refractivity contribution in [2.45, 2.75) is 38.8 Å². The number of nitrogens with one attached hydrogen (secondary N) is 1. The molecule has 0 aliphatic rings. The summed E-state index contributed by atoms with van der Waals surface area (Å²) in [5.74, 6) is -1.15. The minimum atomic E-state index is -1.03. The van der Waals surface area contributed by atoms with Crippen molar-refractivity contribution >= 4 is 28.0 Å². The molecule has 1 aromatic rings. The maximum Gasteiger partial charge on any atom is 0.408 e. The molecule has 1 aromatic carbocycles. The molecule has 0 saturated carbocycles. The van der Waals surface area contributed by atoms with Gasteiger partial charge < -0.3 is 14.8 Å². The van der Waals surface area contributed by atoms with Gasteiger partial charge in [-0.05, 0) is 38.5 Å². The van der Waals surface area contributed by atoms with E-state index in [1.807, 2.05) is 0 Å². The van der Waals surface area contributed by atoms with Gasteiger partial charge in [0.05, 0.1) is 7.11 Å². The van der Waals surface area contributed by atoms with E-state index >= 15 is 0 Å². The van der Waals surface area contributed by atoms with E-state index in [-0.39, 0.29) is 12.0 Å². The van der Waals surface area contributed by atoms with Crippen molar-refractivity contribution in [1.82, 2.24) is 5.32 Å². The Morgan fingerprint density at radius 1 is 1.36 bits per heavy atom. The number of methoxy groups -OCH3 is 1. The summed E-state index contributed by atoms with van der Waals surface area (Å²) >= 11 is 3.16. The van der Waals surface area contributed by atoms with Crippen LogP contribution in [-0.4, -0.2) is 30.8 Å². The van der Waals surface area contributed by atoms with Gasteiger partial charge in [0.2, 0.25) is 0 Å². The van der Waals surface area contributed by atoms with Crippen LogP contribution in [0.4, 0.5) is 9.18 Å². The molecule has 0 spiro atoms. The molecule has 5 nitrogen and oxygen atoms in total. The van der Waals surface area contributed by atoms with Crippen LogP contribution in [0.5, 0.6) is 0 Å². The Labute approximate surface area is 137 Å². The molecule has 7 heteroatoms. The minimum Gasteiger partial charge on any atom is -0.467 e. The predicted octanol–water partition coefficient (Wildman–Crippen LogP) is 3.20. The van der Waals surface area contributed by atoms with Gasteiger partial charge in [-0.25, -0.2) is 14.0 Å². The van der Waals surface area contributed by atoms with E-state index in [0.717, 1.165) is 0 Å². The van der Waals surface area contributed by atoms with Crippen LogP contribution in [0.15, 0.2) is 22.7 Å². The number of carbonyl (C=O) groups is 2. The maximum atomic E-state index is 13.9. The largest absolute Gasteiger partial charge is 0.467 e. The Hall–Kier alpha value is -1.63. The van der Waals surface area contributed by atoms with Gasteiger partial charge in [0, 0.05) is 10.9 Å². The number of amides is 1. The first-order valence-corrected chi connectivity index (χ1v) is 7.43. The lowest BCUT2D eigenvalue weighted by Gasteiger charge is -2.22.